The summed E-state index contributed by atoms with van der Waals surface area (Å²) in [5.41, 5.74) is 3.23. The topological polar surface area (TPSA) is 53.2 Å². The van der Waals surface area contributed by atoms with Gasteiger partial charge in [-0.1, -0.05) is 32.0 Å². The third-order valence-electron chi connectivity index (χ3n) is 4.49. The number of hydrogen-bond donors (Lipinski definition) is 1. The van der Waals surface area contributed by atoms with Gasteiger partial charge in [-0.2, -0.15) is 0 Å². The second-order valence-corrected chi connectivity index (χ2v) is 5.42. The van der Waals surface area contributed by atoms with E-state index in [0.29, 0.717) is 0 Å². The van der Waals surface area contributed by atoms with Crippen LogP contribution in [0.15, 0.2) is 24.3 Å². The Morgan fingerprint density at radius 2 is 1.86 bits per heavy atom. The normalized spacial score (nSPS) is 23.7. The Bertz CT molecular complexity index is 717. The van der Waals surface area contributed by atoms with Crippen molar-refractivity contribution in [3.05, 3.63) is 35.5 Å². The van der Waals surface area contributed by atoms with Gasteiger partial charge in [0.2, 0.25) is 11.8 Å². The largest absolute Gasteiger partial charge is 0.358 e. The second-order valence-electron chi connectivity index (χ2n) is 5.42. The minimum atomic E-state index is -0.280. The monoisotopic (exact) mass is 284 g/mol. The van der Waals surface area contributed by atoms with E-state index in [1.165, 1.54) is 4.90 Å². The molecule has 1 aromatic heterocycles. The molecule has 0 bridgehead atoms. The van der Waals surface area contributed by atoms with E-state index in [0.717, 1.165) is 35.0 Å². The van der Waals surface area contributed by atoms with E-state index >= 15 is 0 Å². The Morgan fingerprint density at radius 1 is 1.14 bits per heavy atom. The molecule has 1 N–H and O–H groups in total. The van der Waals surface area contributed by atoms with Gasteiger partial charge < -0.3 is 4.98 Å². The first kappa shape index (κ1) is 13.9. The fourth-order valence-electron chi connectivity index (χ4n) is 3.57. The van der Waals surface area contributed by atoms with Crippen molar-refractivity contribution in [3.63, 3.8) is 0 Å². The van der Waals surface area contributed by atoms with Crippen LogP contribution in [0.1, 0.15) is 37.4 Å². The summed E-state index contributed by atoms with van der Waals surface area (Å²) in [6, 6.07) is 8.01. The van der Waals surface area contributed by atoms with E-state index in [-0.39, 0.29) is 23.7 Å². The lowest BCUT2D eigenvalue weighted by Crippen LogP contribution is -2.25. The molecule has 0 radical (unpaired) electrons. The number of aromatic amines is 1. The van der Waals surface area contributed by atoms with Gasteiger partial charge in [-0.05, 0) is 24.5 Å². The maximum Gasteiger partial charge on any atom is 0.237 e. The van der Waals surface area contributed by atoms with Gasteiger partial charge in [-0.15, -0.1) is 0 Å². The molecule has 2 aliphatic rings. The SMILES string of the molecule is CC.CN1C(=O)[C@@H]2CCc3[nH]c4ccccc4c3[C@@H]2C1=O. The number of likely N-dealkylation sites (N-methyl/N-ethyl adjacent to an activating group) is 1. The molecule has 2 heterocycles. The van der Waals surface area contributed by atoms with Crippen LogP contribution in [0.4, 0.5) is 0 Å². The van der Waals surface area contributed by atoms with Gasteiger partial charge >= 0.3 is 0 Å². The minimum absolute atomic E-state index is 0.0223. The van der Waals surface area contributed by atoms with Gasteiger partial charge in [0.15, 0.2) is 0 Å². The summed E-state index contributed by atoms with van der Waals surface area (Å²) in [4.78, 5) is 29.2. The minimum Gasteiger partial charge on any atom is -0.358 e. The van der Waals surface area contributed by atoms with E-state index in [9.17, 15) is 9.59 Å². The van der Waals surface area contributed by atoms with Crippen LogP contribution >= 0.6 is 0 Å². The molecule has 2 amide bonds. The first-order valence-corrected chi connectivity index (χ1v) is 7.59. The number of fused-ring (bicyclic) bond motifs is 5. The predicted octanol–water partition coefficient (Wildman–Crippen LogP) is 2.84. The molecular formula is C17H20N2O2. The van der Waals surface area contributed by atoms with Gasteiger partial charge in [0.05, 0.1) is 11.8 Å². The van der Waals surface area contributed by atoms with Crippen LogP contribution in [0.2, 0.25) is 0 Å². The number of benzene rings is 1. The highest BCUT2D eigenvalue weighted by atomic mass is 16.2. The number of aryl methyl sites for hydroxylation is 1. The molecule has 2 aromatic rings. The van der Waals surface area contributed by atoms with E-state index in [2.05, 4.69) is 4.98 Å². The van der Waals surface area contributed by atoms with Gasteiger partial charge in [-0.3, -0.25) is 14.5 Å². The molecule has 0 unspecified atom stereocenters. The van der Waals surface area contributed by atoms with Gasteiger partial charge in [0.1, 0.15) is 0 Å². The van der Waals surface area contributed by atoms with Crippen molar-refractivity contribution in [2.24, 2.45) is 5.92 Å². The average molecular weight is 284 g/mol. The number of likely N-dealkylation sites (tertiary alicyclic amines) is 1. The molecule has 0 spiro atoms. The van der Waals surface area contributed by atoms with Crippen LogP contribution in [-0.2, 0) is 16.0 Å². The quantitative estimate of drug-likeness (QED) is 0.756. The molecule has 4 nitrogen and oxygen atoms in total. The number of nitrogens with one attached hydrogen (secondary N) is 1. The van der Waals surface area contributed by atoms with Gasteiger partial charge in [0, 0.05) is 23.6 Å². The van der Waals surface area contributed by atoms with Crippen molar-refractivity contribution in [2.45, 2.75) is 32.6 Å². The van der Waals surface area contributed by atoms with E-state index in [1.807, 2.05) is 38.1 Å². The molecule has 1 aliphatic heterocycles. The number of H-pyrrole nitrogens is 1. The molecule has 1 aliphatic carbocycles. The maximum atomic E-state index is 12.3. The highest BCUT2D eigenvalue weighted by Crippen LogP contribution is 2.45. The highest BCUT2D eigenvalue weighted by molar-refractivity contribution is 6.09. The molecule has 1 fully saturated rings. The average Bonchev–Trinajstić information content (AvgIpc) is 3.01. The summed E-state index contributed by atoms with van der Waals surface area (Å²) in [7, 11) is 1.59. The molecule has 110 valence electrons. The number of carbonyl (C=O) groups excluding carboxylic acids is 2. The van der Waals surface area contributed by atoms with Crippen molar-refractivity contribution < 1.29 is 9.59 Å². The standard InChI is InChI=1S/C15H14N2O2.C2H6/c1-17-14(18)9-6-7-11-12(13(9)15(17)19)8-4-2-3-5-10(8)16-11;1-2/h2-5,9,13,16H,6-7H2,1H3;1-2H3/t9-,13-;/m1./s1. The summed E-state index contributed by atoms with van der Waals surface area (Å²) in [5.74, 6) is -0.520. The Morgan fingerprint density at radius 3 is 2.62 bits per heavy atom. The van der Waals surface area contributed by atoms with Crippen LogP contribution in [0.3, 0.4) is 0 Å². The first-order valence-electron chi connectivity index (χ1n) is 7.59. The zero-order chi connectivity index (χ0) is 15.1. The van der Waals surface area contributed by atoms with Crippen LogP contribution in [0, 0.1) is 5.92 Å². The molecule has 0 saturated carbocycles. The summed E-state index contributed by atoms with van der Waals surface area (Å²) >= 11 is 0. The smallest absolute Gasteiger partial charge is 0.237 e. The summed E-state index contributed by atoms with van der Waals surface area (Å²) in [6.07, 6.45) is 1.61. The van der Waals surface area contributed by atoms with Crippen LogP contribution in [-0.4, -0.2) is 28.7 Å². The molecule has 1 aromatic carbocycles. The molecule has 21 heavy (non-hydrogen) atoms. The lowest BCUT2D eigenvalue weighted by Gasteiger charge is -2.21. The summed E-state index contributed by atoms with van der Waals surface area (Å²) in [5, 5.41) is 1.09. The van der Waals surface area contributed by atoms with Crippen molar-refractivity contribution >= 4 is 22.7 Å². The number of aromatic nitrogens is 1. The number of para-hydroxylation sites is 1. The van der Waals surface area contributed by atoms with Crippen molar-refractivity contribution in [1.29, 1.82) is 0 Å². The Hall–Kier alpha value is -2.10. The number of hydrogen-bond acceptors (Lipinski definition) is 2. The molecule has 2 atom stereocenters. The summed E-state index contributed by atoms with van der Waals surface area (Å²) in [6.45, 7) is 4.00. The molecule has 1 saturated heterocycles. The Labute approximate surface area is 124 Å². The predicted molar refractivity (Wildman–Crippen MR) is 82.0 cm³/mol. The van der Waals surface area contributed by atoms with E-state index < -0.39 is 0 Å². The zero-order valence-corrected chi connectivity index (χ0v) is 12.6. The lowest BCUT2D eigenvalue weighted by molar-refractivity contribution is -0.137. The Kier molecular flexibility index (Phi) is 3.32. The number of imide groups is 1. The number of rotatable bonds is 0. The third-order valence-corrected chi connectivity index (χ3v) is 4.49. The Balaban J connectivity index is 0.000000636. The first-order chi connectivity index (χ1) is 10.2. The van der Waals surface area contributed by atoms with Gasteiger partial charge in [-0.25, -0.2) is 0 Å². The van der Waals surface area contributed by atoms with Crippen LogP contribution in [0.5, 0.6) is 0 Å². The molecule has 4 heteroatoms. The second kappa shape index (κ2) is 5.02. The molecular weight excluding hydrogens is 264 g/mol. The third kappa shape index (κ3) is 1.82. The van der Waals surface area contributed by atoms with Crippen LogP contribution < -0.4 is 0 Å². The maximum absolute atomic E-state index is 12.3. The fraction of sp³-hybridized carbons (Fsp3) is 0.412. The van der Waals surface area contributed by atoms with Crippen molar-refractivity contribution in [1.82, 2.24) is 9.88 Å². The summed E-state index contributed by atoms with van der Waals surface area (Å²) < 4.78 is 0. The van der Waals surface area contributed by atoms with Crippen molar-refractivity contribution in [3.8, 4) is 0 Å². The highest BCUT2D eigenvalue weighted by Gasteiger charge is 2.49. The zero-order valence-electron chi connectivity index (χ0n) is 12.6. The van der Waals surface area contributed by atoms with E-state index in [4.69, 9.17) is 0 Å². The number of nitrogens with zero attached hydrogens (tertiary/aromatic N) is 1. The van der Waals surface area contributed by atoms with Crippen LogP contribution in [0.25, 0.3) is 10.9 Å². The van der Waals surface area contributed by atoms with Gasteiger partial charge in [0.25, 0.3) is 0 Å². The lowest BCUT2D eigenvalue weighted by atomic mass is 9.78. The number of carbonyl (C=O) groups is 2. The van der Waals surface area contributed by atoms with E-state index in [1.54, 1.807) is 7.05 Å². The van der Waals surface area contributed by atoms with Crippen molar-refractivity contribution in [2.75, 3.05) is 7.05 Å². The fourth-order valence-corrected chi connectivity index (χ4v) is 3.57. The molecule has 4 rings (SSSR count). The number of amides is 2.